The molecule has 0 unspecified atom stereocenters. The smallest absolute Gasteiger partial charge is 0.183 e. The third kappa shape index (κ3) is 6.66. The van der Waals surface area contributed by atoms with Crippen LogP contribution in [0.3, 0.4) is 0 Å². The van der Waals surface area contributed by atoms with Gasteiger partial charge in [0.15, 0.2) is 14.3 Å². The largest absolute Gasteiger partial charge is 0.309 e. The number of aryl methyl sites for hydroxylation is 10. The molecule has 11 aromatic rings. The summed E-state index contributed by atoms with van der Waals surface area (Å²) in [6.45, 7) is 21.5. The molecule has 0 N–H and O–H groups in total. The highest BCUT2D eigenvalue weighted by Gasteiger charge is 2.63. The van der Waals surface area contributed by atoms with Gasteiger partial charge in [-0.15, -0.1) is 0 Å². The molecule has 0 saturated heterocycles. The summed E-state index contributed by atoms with van der Waals surface area (Å²) in [6.07, 6.45) is 0. The topological polar surface area (TPSA) is 53.6 Å². The van der Waals surface area contributed by atoms with Gasteiger partial charge in [0.05, 0.1) is 100 Å². The molecule has 0 amide bonds. The van der Waals surface area contributed by atoms with Crippen LogP contribution in [0.25, 0.3) is 0 Å². The molecular weight excluding hydrogens is 1090 g/mol. The van der Waals surface area contributed by atoms with E-state index in [4.69, 9.17) is 0 Å². The van der Waals surface area contributed by atoms with E-state index in [1.165, 1.54) is 0 Å². The van der Waals surface area contributed by atoms with E-state index < -0.39 is 14.3 Å². The summed E-state index contributed by atoms with van der Waals surface area (Å²) in [6, 6.07) is 70.8. The number of nitrogens with zero attached hydrogens (tertiary/aromatic N) is 6. The SMILES string of the molecule is Cc1ccc(N2c3cc(C)cc4c3P3(=O)c5c2cc(C)cc5N(c2ccc(C)cc2)c2c5c6c(c(c23)N4c2ccc(C)cc2)N(c2ccc(C)cc2)c2cc(C)cc3c2P6(=O)c2c(cc(C)cc2N5c2ccc(C)cc2)N3c2ccc(C)cc2)cc1. The van der Waals surface area contributed by atoms with Crippen molar-refractivity contribution in [3.05, 3.63) is 250 Å². The lowest BCUT2D eigenvalue weighted by atomic mass is 9.98. The Morgan fingerprint density at radius 2 is 0.349 bits per heavy atom. The van der Waals surface area contributed by atoms with Crippen molar-refractivity contribution < 1.29 is 9.13 Å². The molecule has 0 aliphatic carbocycles. The molecule has 11 aromatic carbocycles. The van der Waals surface area contributed by atoms with Gasteiger partial charge in [-0.1, -0.05) is 106 Å². The Morgan fingerprint density at radius 1 is 0.198 bits per heavy atom. The lowest BCUT2D eigenvalue weighted by molar-refractivity contribution is 0.590. The van der Waals surface area contributed by atoms with Crippen LogP contribution in [0, 0.1) is 69.2 Å². The maximum atomic E-state index is 19.3. The predicted octanol–water partition coefficient (Wildman–Crippen LogP) is 18.7. The van der Waals surface area contributed by atoms with Crippen molar-refractivity contribution in [1.29, 1.82) is 0 Å². The Balaban J connectivity index is 1.16. The maximum Gasteiger partial charge on any atom is 0.183 e. The molecule has 17 rings (SSSR count). The molecule has 8 nitrogen and oxygen atoms in total. The molecule has 0 saturated carbocycles. The zero-order valence-corrected chi connectivity index (χ0v) is 51.7. The van der Waals surface area contributed by atoms with Crippen LogP contribution in [-0.2, 0) is 9.13 Å². The summed E-state index contributed by atoms with van der Waals surface area (Å²) in [5, 5.41) is 4.60. The van der Waals surface area contributed by atoms with E-state index in [-0.39, 0.29) is 0 Å². The Kier molecular flexibility index (Phi) is 10.5. The molecule has 0 spiro atoms. The minimum atomic E-state index is -4.10. The Bertz CT molecular complexity index is 4370. The Morgan fingerprint density at radius 3 is 0.523 bits per heavy atom. The summed E-state index contributed by atoms with van der Waals surface area (Å²) in [5.41, 5.74) is 26.5. The van der Waals surface area contributed by atoms with E-state index in [2.05, 4.69) is 293 Å². The van der Waals surface area contributed by atoms with Crippen molar-refractivity contribution in [3.63, 3.8) is 0 Å². The van der Waals surface area contributed by atoms with E-state index in [1.807, 2.05) is 0 Å². The van der Waals surface area contributed by atoms with Crippen LogP contribution < -0.4 is 61.2 Å². The fraction of sp³-hybridized carbons (Fsp3) is 0.132. The molecule has 86 heavy (non-hydrogen) atoms. The van der Waals surface area contributed by atoms with E-state index in [0.717, 1.165) is 190 Å². The van der Waals surface area contributed by atoms with Crippen LogP contribution >= 0.6 is 14.3 Å². The van der Waals surface area contributed by atoms with E-state index in [0.29, 0.717) is 0 Å². The van der Waals surface area contributed by atoms with Crippen molar-refractivity contribution in [3.8, 4) is 0 Å². The van der Waals surface area contributed by atoms with Gasteiger partial charge in [-0.2, -0.15) is 0 Å². The fourth-order valence-corrected chi connectivity index (χ4v) is 22.2. The van der Waals surface area contributed by atoms with Crippen LogP contribution in [-0.4, -0.2) is 0 Å². The van der Waals surface area contributed by atoms with Crippen molar-refractivity contribution in [2.75, 3.05) is 29.4 Å². The number of anilines is 18. The second-order valence-corrected chi connectivity index (χ2v) is 30.1. The third-order valence-corrected chi connectivity index (χ3v) is 25.1. The standard InChI is InChI=1S/C76H62N6O2P2/c1-43-11-23-53(24-12-43)77-59-35-49(7)39-63-71(59)85(83)72-60(77)36-50(8)40-64(72)80(56-29-17-46(4)18-30-56)68-70-76-69(67(75(68)85)79(63)55-27-15-45(3)16-28-55)81(57-31-19-47(5)20-32-57)65-41-51(9)37-61-73(65)86(76,84)74-62(78(61)54-25-13-44(2)14-26-54)38-52(10)42-66(74)82(70)58-33-21-48(6)22-34-58/h11-42H,1-10H3. The molecule has 6 heterocycles. The first-order chi connectivity index (χ1) is 41.5. The summed E-state index contributed by atoms with van der Waals surface area (Å²) >= 11 is 0. The quantitative estimate of drug-likeness (QED) is 0.153. The van der Waals surface area contributed by atoms with Gasteiger partial charge in [0.1, 0.15) is 0 Å². The van der Waals surface area contributed by atoms with Crippen LogP contribution in [0.1, 0.15) is 55.6 Å². The molecule has 10 heteroatoms. The second kappa shape index (κ2) is 17.6. The highest BCUT2D eigenvalue weighted by molar-refractivity contribution is 7.88. The average molecular weight is 1150 g/mol. The monoisotopic (exact) mass is 1150 g/mol. The number of benzene rings is 11. The van der Waals surface area contributed by atoms with E-state index in [1.54, 1.807) is 0 Å². The number of fused-ring (bicyclic) bond motifs is 2. The van der Waals surface area contributed by atoms with Crippen molar-refractivity contribution in [1.82, 2.24) is 0 Å². The third-order valence-electron chi connectivity index (χ3n) is 18.7. The van der Waals surface area contributed by atoms with Gasteiger partial charge in [-0.25, -0.2) is 0 Å². The zero-order chi connectivity index (χ0) is 58.7. The number of hydrogen-bond acceptors (Lipinski definition) is 8. The minimum Gasteiger partial charge on any atom is -0.309 e. The lowest BCUT2D eigenvalue weighted by Crippen LogP contribution is -2.53. The van der Waals surface area contributed by atoms with Gasteiger partial charge in [0.25, 0.3) is 0 Å². The van der Waals surface area contributed by atoms with Crippen molar-refractivity contribution in [2.24, 2.45) is 0 Å². The highest BCUT2D eigenvalue weighted by atomic mass is 31.2. The van der Waals surface area contributed by atoms with E-state index >= 15 is 9.13 Å². The molecule has 0 bridgehead atoms. The summed E-state index contributed by atoms with van der Waals surface area (Å²) in [7, 11) is -8.20. The minimum absolute atomic E-state index is 0.720. The van der Waals surface area contributed by atoms with Crippen LogP contribution in [0.5, 0.6) is 0 Å². The highest BCUT2D eigenvalue weighted by Crippen LogP contribution is 2.75. The van der Waals surface area contributed by atoms with Gasteiger partial charge < -0.3 is 38.5 Å². The Labute approximate surface area is 503 Å². The van der Waals surface area contributed by atoms with Gasteiger partial charge in [-0.3, -0.25) is 0 Å². The van der Waals surface area contributed by atoms with Gasteiger partial charge >= 0.3 is 0 Å². The normalized spacial score (nSPS) is 15.2. The first-order valence-corrected chi connectivity index (χ1v) is 33.2. The van der Waals surface area contributed by atoms with Crippen molar-refractivity contribution in [2.45, 2.75) is 69.2 Å². The molecule has 6 aliphatic rings. The summed E-state index contributed by atoms with van der Waals surface area (Å²) in [5.74, 6) is 0. The van der Waals surface area contributed by atoms with Gasteiger partial charge in [0, 0.05) is 34.1 Å². The van der Waals surface area contributed by atoms with Gasteiger partial charge in [-0.05, 0) is 213 Å². The molecule has 0 fully saturated rings. The summed E-state index contributed by atoms with van der Waals surface area (Å²) < 4.78 is 38.6. The fourth-order valence-electron chi connectivity index (χ4n) is 14.9. The second-order valence-electron chi connectivity index (χ2n) is 24.9. The van der Waals surface area contributed by atoms with Crippen LogP contribution in [0.4, 0.5) is 102 Å². The maximum absolute atomic E-state index is 19.3. The average Bonchev–Trinajstić information content (AvgIpc) is 0.648. The molecule has 0 radical (unpaired) electrons. The zero-order valence-electron chi connectivity index (χ0n) is 49.9. The van der Waals surface area contributed by atoms with Crippen molar-refractivity contribution >= 4 is 148 Å². The van der Waals surface area contributed by atoms with Gasteiger partial charge in [0.2, 0.25) is 0 Å². The van der Waals surface area contributed by atoms with Crippen LogP contribution in [0.15, 0.2) is 194 Å². The first-order valence-electron chi connectivity index (χ1n) is 29.8. The van der Waals surface area contributed by atoms with Crippen LogP contribution in [0.2, 0.25) is 0 Å². The van der Waals surface area contributed by atoms with E-state index in [9.17, 15) is 0 Å². The number of rotatable bonds is 6. The Hall–Kier alpha value is -9.32. The number of hydrogen-bond donors (Lipinski definition) is 0. The summed E-state index contributed by atoms with van der Waals surface area (Å²) in [4.78, 5) is 14.4. The molecule has 0 aromatic heterocycles. The molecular formula is C76H62N6O2P2. The molecule has 418 valence electrons. The predicted molar refractivity (Wildman–Crippen MR) is 362 cm³/mol. The lowest BCUT2D eigenvalue weighted by Gasteiger charge is -2.55. The molecule has 6 aliphatic heterocycles. The first kappa shape index (κ1) is 51.1. The molecule has 0 atom stereocenters.